The highest BCUT2D eigenvalue weighted by Crippen LogP contribution is 2.60. The Morgan fingerprint density at radius 3 is 2.39 bits per heavy atom. The van der Waals surface area contributed by atoms with Crippen molar-refractivity contribution in [3.05, 3.63) is 23.2 Å². The molecule has 1 aromatic carbocycles. The van der Waals surface area contributed by atoms with Gasteiger partial charge in [-0.25, -0.2) is 0 Å². The van der Waals surface area contributed by atoms with Gasteiger partial charge in [0.15, 0.2) is 0 Å². The molecular formula is C22H25Br2ClN2O4. The van der Waals surface area contributed by atoms with Crippen molar-refractivity contribution in [2.24, 2.45) is 23.7 Å². The topological polar surface area (TPSA) is 75.7 Å². The van der Waals surface area contributed by atoms with E-state index >= 15 is 0 Å². The molecule has 1 saturated heterocycles. The maximum absolute atomic E-state index is 12.9. The molecule has 1 N–H and O–H groups in total. The minimum absolute atomic E-state index is 0.00264. The molecule has 6 atom stereocenters. The standard InChI is InChI=1S/C22H25Br2ClN2O4/c1-31-15-7-6-11(25)9-14(15)26-16(28)5-3-2-4-8-27-21(29)17-12-10-13(18(17)22(27)30)20(24)19(12)23/h6-7,9,12-13,17-20H,2-5,8,10H2,1H3,(H,26,28)/t12-,13-,17-,18-,19+,20+/m1/s1. The fourth-order valence-corrected chi connectivity index (χ4v) is 7.40. The Balaban J connectivity index is 1.22. The molecule has 0 unspecified atom stereocenters. The van der Waals surface area contributed by atoms with E-state index in [2.05, 4.69) is 37.2 Å². The van der Waals surface area contributed by atoms with Crippen molar-refractivity contribution in [2.75, 3.05) is 19.0 Å². The van der Waals surface area contributed by atoms with Crippen molar-refractivity contribution in [1.82, 2.24) is 4.90 Å². The van der Waals surface area contributed by atoms with Crippen LogP contribution in [0.5, 0.6) is 5.75 Å². The van der Waals surface area contributed by atoms with Crippen LogP contribution in [0.15, 0.2) is 18.2 Å². The van der Waals surface area contributed by atoms with Crippen LogP contribution in [-0.4, -0.2) is 45.9 Å². The summed E-state index contributed by atoms with van der Waals surface area (Å²) in [4.78, 5) is 40.0. The molecule has 9 heteroatoms. The number of carbonyl (C=O) groups excluding carboxylic acids is 3. The van der Waals surface area contributed by atoms with Gasteiger partial charge < -0.3 is 10.1 Å². The van der Waals surface area contributed by atoms with E-state index in [1.807, 2.05) is 0 Å². The monoisotopic (exact) mass is 574 g/mol. The van der Waals surface area contributed by atoms with Gasteiger partial charge in [-0.3, -0.25) is 19.3 Å². The number of anilines is 1. The van der Waals surface area contributed by atoms with Gasteiger partial charge in [-0.1, -0.05) is 49.9 Å². The highest BCUT2D eigenvalue weighted by atomic mass is 79.9. The first-order valence-corrected chi connectivity index (χ1v) is 12.8. The number of nitrogens with one attached hydrogen (secondary N) is 1. The first-order valence-electron chi connectivity index (χ1n) is 10.6. The van der Waals surface area contributed by atoms with Crippen molar-refractivity contribution >= 4 is 66.9 Å². The second-order valence-electron chi connectivity index (χ2n) is 8.54. The summed E-state index contributed by atoms with van der Waals surface area (Å²) in [6.45, 7) is 0.438. The number of carbonyl (C=O) groups is 3. The minimum atomic E-state index is -0.158. The Morgan fingerprint density at radius 2 is 1.77 bits per heavy atom. The molecule has 1 aromatic rings. The number of methoxy groups -OCH3 is 1. The second kappa shape index (κ2) is 9.40. The van der Waals surface area contributed by atoms with Crippen molar-refractivity contribution in [1.29, 1.82) is 0 Å². The molecule has 6 nitrogen and oxygen atoms in total. The highest BCUT2D eigenvalue weighted by molar-refractivity contribution is 9.12. The average Bonchev–Trinajstić information content (AvgIpc) is 3.34. The number of ether oxygens (including phenoxy) is 1. The van der Waals surface area contributed by atoms with Gasteiger partial charge in [0.2, 0.25) is 17.7 Å². The van der Waals surface area contributed by atoms with Crippen LogP contribution in [0.1, 0.15) is 32.1 Å². The summed E-state index contributed by atoms with van der Waals surface area (Å²) in [5, 5.41) is 3.34. The lowest BCUT2D eigenvalue weighted by Gasteiger charge is -2.28. The number of unbranched alkanes of at least 4 members (excludes halogenated alkanes) is 2. The summed E-state index contributed by atoms with van der Waals surface area (Å²) in [5.74, 6) is 0.602. The summed E-state index contributed by atoms with van der Waals surface area (Å²) in [6, 6.07) is 5.06. The molecule has 3 aliphatic rings. The van der Waals surface area contributed by atoms with Crippen molar-refractivity contribution in [3.63, 3.8) is 0 Å². The van der Waals surface area contributed by atoms with Crippen molar-refractivity contribution in [2.45, 2.75) is 41.8 Å². The van der Waals surface area contributed by atoms with Crippen LogP contribution in [0.4, 0.5) is 5.69 Å². The van der Waals surface area contributed by atoms with Gasteiger partial charge >= 0.3 is 0 Å². The SMILES string of the molecule is COc1ccc(Cl)cc1NC(=O)CCCCCN1C(=O)[C@@H]2[C@H]3C[C@@H]([C@H](Br)[C@H]3Br)[C@H]2C1=O. The van der Waals surface area contributed by atoms with Crippen LogP contribution in [-0.2, 0) is 14.4 Å². The Labute approximate surface area is 203 Å². The van der Waals surface area contributed by atoms with Gasteiger partial charge in [0.1, 0.15) is 5.75 Å². The van der Waals surface area contributed by atoms with E-state index in [0.29, 0.717) is 42.3 Å². The van der Waals surface area contributed by atoms with Gasteiger partial charge in [-0.2, -0.15) is 0 Å². The first-order chi connectivity index (χ1) is 14.8. The number of halogens is 3. The summed E-state index contributed by atoms with van der Waals surface area (Å²) >= 11 is 13.4. The molecule has 4 rings (SSSR count). The molecule has 1 aliphatic heterocycles. The predicted octanol–water partition coefficient (Wildman–Crippen LogP) is 4.63. The van der Waals surface area contributed by atoms with Crippen LogP contribution in [0, 0.1) is 23.7 Å². The van der Waals surface area contributed by atoms with Gasteiger partial charge in [-0.05, 0) is 49.3 Å². The number of imide groups is 1. The molecule has 3 fully saturated rings. The van der Waals surface area contributed by atoms with Crippen molar-refractivity contribution < 1.29 is 19.1 Å². The van der Waals surface area contributed by atoms with E-state index in [1.165, 1.54) is 12.0 Å². The lowest BCUT2D eigenvalue weighted by Crippen LogP contribution is -2.37. The number of nitrogens with zero attached hydrogens (tertiary/aromatic N) is 1. The molecule has 0 aromatic heterocycles. The zero-order valence-electron chi connectivity index (χ0n) is 17.2. The molecular weight excluding hydrogens is 552 g/mol. The largest absolute Gasteiger partial charge is 0.495 e. The third-order valence-corrected chi connectivity index (χ3v) is 10.2. The number of amides is 3. The molecule has 3 amide bonds. The maximum Gasteiger partial charge on any atom is 0.233 e. The van der Waals surface area contributed by atoms with Crippen LogP contribution >= 0.6 is 43.5 Å². The Hall–Kier alpha value is -1.12. The molecule has 2 saturated carbocycles. The van der Waals surface area contributed by atoms with Crippen LogP contribution in [0.2, 0.25) is 5.02 Å². The number of alkyl halides is 2. The van der Waals surface area contributed by atoms with E-state index < -0.39 is 0 Å². The Bertz CT molecular complexity index is 866. The van der Waals surface area contributed by atoms with E-state index in [4.69, 9.17) is 16.3 Å². The number of rotatable bonds is 8. The quantitative estimate of drug-likeness (QED) is 0.278. The third kappa shape index (κ3) is 4.27. The van der Waals surface area contributed by atoms with Crippen molar-refractivity contribution in [3.8, 4) is 5.75 Å². The fourth-order valence-electron chi connectivity index (χ4n) is 5.35. The number of hydrogen-bond donors (Lipinski definition) is 1. The van der Waals surface area contributed by atoms with Crippen LogP contribution in [0.3, 0.4) is 0 Å². The van der Waals surface area contributed by atoms with Crippen LogP contribution < -0.4 is 10.1 Å². The van der Waals surface area contributed by atoms with E-state index in [9.17, 15) is 14.4 Å². The number of benzene rings is 1. The van der Waals surface area contributed by atoms with Gasteiger partial charge in [0.25, 0.3) is 0 Å². The molecule has 31 heavy (non-hydrogen) atoms. The third-order valence-electron chi connectivity index (χ3n) is 6.80. The number of hydrogen-bond acceptors (Lipinski definition) is 4. The molecule has 1 heterocycles. The molecule has 2 bridgehead atoms. The zero-order valence-corrected chi connectivity index (χ0v) is 21.1. The zero-order chi connectivity index (χ0) is 22.3. The highest BCUT2D eigenvalue weighted by Gasteiger charge is 2.66. The lowest BCUT2D eigenvalue weighted by atomic mass is 9.81. The fraction of sp³-hybridized carbons (Fsp3) is 0.591. The van der Waals surface area contributed by atoms with Gasteiger partial charge in [0.05, 0.1) is 24.6 Å². The molecule has 0 spiro atoms. The minimum Gasteiger partial charge on any atom is -0.495 e. The lowest BCUT2D eigenvalue weighted by molar-refractivity contribution is -0.140. The summed E-state index contributed by atoms with van der Waals surface area (Å²) in [5.41, 5.74) is 0.546. The Kier molecular flexibility index (Phi) is 6.99. The van der Waals surface area contributed by atoms with Crippen LogP contribution in [0.25, 0.3) is 0 Å². The summed E-state index contributed by atoms with van der Waals surface area (Å²) in [6.07, 6.45) is 3.44. The smallest absolute Gasteiger partial charge is 0.233 e. The number of fused-ring (bicyclic) bond motifs is 5. The summed E-state index contributed by atoms with van der Waals surface area (Å²) < 4.78 is 5.24. The first kappa shape index (κ1) is 23.1. The second-order valence-corrected chi connectivity index (χ2v) is 11.1. The summed E-state index contributed by atoms with van der Waals surface area (Å²) in [7, 11) is 1.54. The van der Waals surface area contributed by atoms with E-state index in [1.54, 1.807) is 18.2 Å². The average molecular weight is 577 g/mol. The Morgan fingerprint density at radius 1 is 1.13 bits per heavy atom. The molecule has 168 valence electrons. The number of likely N-dealkylation sites (tertiary alicyclic amines) is 1. The van der Waals surface area contributed by atoms with Gasteiger partial charge in [-0.15, -0.1) is 0 Å². The normalized spacial score (nSPS) is 31.3. The van der Waals surface area contributed by atoms with E-state index in [0.717, 1.165) is 12.8 Å². The molecule has 2 aliphatic carbocycles. The maximum atomic E-state index is 12.9. The predicted molar refractivity (Wildman–Crippen MR) is 126 cm³/mol. The molecule has 0 radical (unpaired) electrons. The van der Waals surface area contributed by atoms with Gasteiger partial charge in [0, 0.05) is 27.6 Å². The van der Waals surface area contributed by atoms with E-state index in [-0.39, 0.29) is 51.0 Å².